The molecule has 1 heterocycles. The van der Waals surface area contributed by atoms with Crippen LogP contribution in [-0.4, -0.2) is 26.9 Å². The van der Waals surface area contributed by atoms with Gasteiger partial charge in [0.15, 0.2) is 5.82 Å². The first-order valence-electron chi connectivity index (χ1n) is 7.29. The lowest BCUT2D eigenvalue weighted by Gasteiger charge is -2.38. The van der Waals surface area contributed by atoms with E-state index >= 15 is 0 Å². The Morgan fingerprint density at radius 1 is 1.47 bits per heavy atom. The number of aromatic nitrogens is 3. The van der Waals surface area contributed by atoms with Crippen molar-refractivity contribution < 1.29 is 4.74 Å². The van der Waals surface area contributed by atoms with Crippen molar-refractivity contribution in [3.05, 3.63) is 12.2 Å². The molecule has 1 aromatic heterocycles. The number of hydrogen-bond donors (Lipinski definition) is 1. The highest BCUT2D eigenvalue weighted by molar-refractivity contribution is 4.90. The fraction of sp³-hybridized carbons (Fsp3) is 0.857. The van der Waals surface area contributed by atoms with Crippen molar-refractivity contribution >= 4 is 0 Å². The molecule has 1 aliphatic rings. The molecule has 0 unspecified atom stereocenters. The van der Waals surface area contributed by atoms with Gasteiger partial charge >= 0.3 is 0 Å². The van der Waals surface area contributed by atoms with Gasteiger partial charge in [0.25, 0.3) is 0 Å². The van der Waals surface area contributed by atoms with Crippen LogP contribution in [0, 0.1) is 5.92 Å². The van der Waals surface area contributed by atoms with Crippen molar-refractivity contribution in [1.29, 1.82) is 0 Å². The van der Waals surface area contributed by atoms with Gasteiger partial charge in [-0.1, -0.05) is 6.92 Å². The summed E-state index contributed by atoms with van der Waals surface area (Å²) < 4.78 is 8.07. The molecule has 2 rings (SSSR count). The highest BCUT2D eigenvalue weighted by atomic mass is 16.5. The Kier molecular flexibility index (Phi) is 4.58. The maximum Gasteiger partial charge on any atom is 0.153 e. The van der Waals surface area contributed by atoms with Crippen LogP contribution >= 0.6 is 0 Å². The minimum Gasteiger partial charge on any atom is -0.366 e. The molecule has 1 aromatic rings. The lowest BCUT2D eigenvalue weighted by molar-refractivity contribution is -0.0832. The zero-order valence-electron chi connectivity index (χ0n) is 12.3. The fourth-order valence-corrected chi connectivity index (χ4v) is 2.72. The average Bonchev–Trinajstić information content (AvgIpc) is 2.87. The van der Waals surface area contributed by atoms with Gasteiger partial charge in [0.2, 0.25) is 0 Å². The summed E-state index contributed by atoms with van der Waals surface area (Å²) in [6, 6.07) is 0.307. The first-order chi connectivity index (χ1) is 9.06. The van der Waals surface area contributed by atoms with Crippen LogP contribution in [0.15, 0.2) is 6.33 Å². The molecule has 0 radical (unpaired) electrons. The van der Waals surface area contributed by atoms with Crippen molar-refractivity contribution in [3.63, 3.8) is 0 Å². The van der Waals surface area contributed by atoms with E-state index < -0.39 is 0 Å². The molecular formula is C14H26N4O. The average molecular weight is 266 g/mol. The molecule has 0 amide bonds. The zero-order valence-corrected chi connectivity index (χ0v) is 12.3. The summed E-state index contributed by atoms with van der Waals surface area (Å²) in [5.41, 5.74) is 5.80. The van der Waals surface area contributed by atoms with E-state index in [0.717, 1.165) is 24.6 Å². The van der Waals surface area contributed by atoms with E-state index in [1.807, 2.05) is 4.68 Å². The van der Waals surface area contributed by atoms with E-state index in [4.69, 9.17) is 10.5 Å². The van der Waals surface area contributed by atoms with Gasteiger partial charge in [0.1, 0.15) is 12.9 Å². The van der Waals surface area contributed by atoms with Gasteiger partial charge < -0.3 is 10.5 Å². The van der Waals surface area contributed by atoms with Crippen LogP contribution in [0.1, 0.15) is 58.3 Å². The van der Waals surface area contributed by atoms with Crippen molar-refractivity contribution in [2.45, 2.75) is 64.7 Å². The first kappa shape index (κ1) is 14.5. The number of hydrogen-bond acceptors (Lipinski definition) is 4. The second-order valence-electron chi connectivity index (χ2n) is 6.07. The Labute approximate surface area is 115 Å². The van der Waals surface area contributed by atoms with Gasteiger partial charge in [-0.25, -0.2) is 9.67 Å². The summed E-state index contributed by atoms with van der Waals surface area (Å²) in [5, 5.41) is 4.23. The number of ether oxygens (including phenoxy) is 1. The molecule has 108 valence electrons. The minimum atomic E-state index is -0.153. The van der Waals surface area contributed by atoms with E-state index in [-0.39, 0.29) is 5.60 Å². The number of rotatable bonds is 5. The Morgan fingerprint density at radius 2 is 2.16 bits per heavy atom. The van der Waals surface area contributed by atoms with Crippen molar-refractivity contribution in [2.75, 3.05) is 6.54 Å². The third kappa shape index (κ3) is 3.34. The Balaban J connectivity index is 1.98. The lowest BCUT2D eigenvalue weighted by Crippen LogP contribution is -2.43. The third-order valence-corrected chi connectivity index (χ3v) is 4.20. The van der Waals surface area contributed by atoms with Crippen molar-refractivity contribution in [3.8, 4) is 0 Å². The molecular weight excluding hydrogens is 240 g/mol. The summed E-state index contributed by atoms with van der Waals surface area (Å²) >= 11 is 0. The van der Waals surface area contributed by atoms with Crippen LogP contribution in [0.25, 0.3) is 0 Å². The van der Waals surface area contributed by atoms with Crippen LogP contribution < -0.4 is 5.73 Å². The molecule has 1 saturated carbocycles. The van der Waals surface area contributed by atoms with Gasteiger partial charge in [-0.15, -0.1) is 0 Å². The second kappa shape index (κ2) is 6.01. The van der Waals surface area contributed by atoms with Crippen LogP contribution in [0.4, 0.5) is 0 Å². The molecule has 1 aliphatic carbocycles. The Morgan fingerprint density at radius 3 is 2.74 bits per heavy atom. The van der Waals surface area contributed by atoms with E-state index in [1.54, 1.807) is 6.33 Å². The molecule has 0 atom stereocenters. The Hall–Kier alpha value is -0.940. The van der Waals surface area contributed by atoms with Crippen LogP contribution in [0.5, 0.6) is 0 Å². The SMILES string of the molecule is CC1CCC(CN)(OCc2ncnn2C(C)C)CC1. The van der Waals surface area contributed by atoms with E-state index in [9.17, 15) is 0 Å². The van der Waals surface area contributed by atoms with Crippen LogP contribution in [-0.2, 0) is 11.3 Å². The van der Waals surface area contributed by atoms with E-state index in [1.165, 1.54) is 12.8 Å². The topological polar surface area (TPSA) is 66.0 Å². The molecule has 0 aliphatic heterocycles. The molecule has 5 nitrogen and oxygen atoms in total. The first-order valence-corrected chi connectivity index (χ1v) is 7.29. The standard InChI is InChI=1S/C14H26N4O/c1-11(2)18-13(16-10-17-18)8-19-14(9-15)6-4-12(3)5-7-14/h10-12H,4-9,15H2,1-3H3. The van der Waals surface area contributed by atoms with Crippen LogP contribution in [0.3, 0.4) is 0 Å². The van der Waals surface area contributed by atoms with Gasteiger partial charge in [-0.05, 0) is 45.4 Å². The molecule has 0 bridgehead atoms. The molecule has 19 heavy (non-hydrogen) atoms. The normalized spacial score (nSPS) is 27.9. The van der Waals surface area contributed by atoms with Gasteiger partial charge in [0.05, 0.1) is 5.60 Å². The van der Waals surface area contributed by atoms with Gasteiger partial charge in [-0.2, -0.15) is 5.10 Å². The summed E-state index contributed by atoms with van der Waals surface area (Å²) in [6.45, 7) is 7.59. The fourth-order valence-electron chi connectivity index (χ4n) is 2.72. The summed E-state index contributed by atoms with van der Waals surface area (Å²) in [4.78, 5) is 4.29. The molecule has 0 aromatic carbocycles. The minimum absolute atomic E-state index is 0.153. The lowest BCUT2D eigenvalue weighted by atomic mass is 9.79. The maximum absolute atomic E-state index is 6.15. The number of nitrogens with two attached hydrogens (primary N) is 1. The van der Waals surface area contributed by atoms with Crippen molar-refractivity contribution in [1.82, 2.24) is 14.8 Å². The largest absolute Gasteiger partial charge is 0.366 e. The van der Waals surface area contributed by atoms with Gasteiger partial charge in [-0.3, -0.25) is 0 Å². The summed E-state index contributed by atoms with van der Waals surface area (Å²) in [5.74, 6) is 1.68. The monoisotopic (exact) mass is 266 g/mol. The number of nitrogens with zero attached hydrogens (tertiary/aromatic N) is 3. The predicted octanol–water partition coefficient (Wildman–Crippen LogP) is 2.28. The predicted molar refractivity (Wildman–Crippen MR) is 74.6 cm³/mol. The maximum atomic E-state index is 6.15. The summed E-state index contributed by atoms with van der Waals surface area (Å²) in [6.07, 6.45) is 6.11. The van der Waals surface area contributed by atoms with Gasteiger partial charge in [0, 0.05) is 12.6 Å². The molecule has 0 spiro atoms. The van der Waals surface area contributed by atoms with Crippen molar-refractivity contribution in [2.24, 2.45) is 11.7 Å². The third-order valence-electron chi connectivity index (χ3n) is 4.20. The molecule has 5 heteroatoms. The Bertz CT molecular complexity index is 394. The zero-order chi connectivity index (χ0) is 13.9. The molecule has 2 N–H and O–H groups in total. The van der Waals surface area contributed by atoms with Crippen LogP contribution in [0.2, 0.25) is 0 Å². The van der Waals surface area contributed by atoms with E-state index in [0.29, 0.717) is 19.2 Å². The summed E-state index contributed by atoms with van der Waals surface area (Å²) in [7, 11) is 0. The smallest absolute Gasteiger partial charge is 0.153 e. The second-order valence-corrected chi connectivity index (χ2v) is 6.07. The quantitative estimate of drug-likeness (QED) is 0.888. The molecule has 0 saturated heterocycles. The molecule has 1 fully saturated rings. The van der Waals surface area contributed by atoms with E-state index in [2.05, 4.69) is 30.9 Å². The highest BCUT2D eigenvalue weighted by Crippen LogP contribution is 2.34. The highest BCUT2D eigenvalue weighted by Gasteiger charge is 2.34.